The van der Waals surface area contributed by atoms with E-state index in [0.29, 0.717) is 0 Å². The van der Waals surface area contributed by atoms with Crippen LogP contribution in [-0.4, -0.2) is 25.7 Å². The maximum Gasteiger partial charge on any atom is 0.00671 e. The third-order valence-electron chi connectivity index (χ3n) is 5.43. The van der Waals surface area contributed by atoms with Crippen LogP contribution in [0.25, 0.3) is 0 Å². The molecule has 4 atom stereocenters. The van der Waals surface area contributed by atoms with Gasteiger partial charge in [0.1, 0.15) is 0 Å². The minimum absolute atomic E-state index is 0.807. The van der Waals surface area contributed by atoms with Crippen molar-refractivity contribution in [1.29, 1.82) is 0 Å². The molecule has 1 saturated heterocycles. The molecule has 1 heterocycles. The fourth-order valence-electron chi connectivity index (χ4n) is 3.81. The Bertz CT molecular complexity index is 233. The highest BCUT2D eigenvalue weighted by molar-refractivity contribution is 4.77. The van der Waals surface area contributed by atoms with Crippen molar-refractivity contribution in [3.8, 4) is 0 Å². The first-order valence-electron chi connectivity index (χ1n) is 8.70. The van der Waals surface area contributed by atoms with E-state index in [1.54, 1.807) is 0 Å². The highest BCUT2D eigenvalue weighted by Crippen LogP contribution is 2.24. The second kappa shape index (κ2) is 8.26. The molecule has 2 heteroatoms. The molecule has 0 spiro atoms. The fraction of sp³-hybridized carbons (Fsp3) is 1.00. The Hall–Kier alpha value is -0.0800. The quantitative estimate of drug-likeness (QED) is 0.743. The second-order valence-corrected chi connectivity index (χ2v) is 7.14. The molecule has 0 bridgehead atoms. The van der Waals surface area contributed by atoms with Crippen molar-refractivity contribution < 1.29 is 0 Å². The van der Waals surface area contributed by atoms with Gasteiger partial charge in [-0.2, -0.15) is 0 Å². The average Bonchev–Trinajstić information content (AvgIpc) is 2.65. The summed E-state index contributed by atoms with van der Waals surface area (Å²) >= 11 is 0. The van der Waals surface area contributed by atoms with E-state index >= 15 is 0 Å². The first-order valence-corrected chi connectivity index (χ1v) is 8.70. The summed E-state index contributed by atoms with van der Waals surface area (Å²) in [7, 11) is 0. The standard InChI is InChI=1S/C17H34N2/c1-14-5-3-7-17(9-8-14)19-12-10-15(2)16-6-4-11-18-13-16/h14-19H,3-13H2,1-2H3. The predicted molar refractivity (Wildman–Crippen MR) is 83.4 cm³/mol. The van der Waals surface area contributed by atoms with Crippen molar-refractivity contribution in [3.05, 3.63) is 0 Å². The van der Waals surface area contributed by atoms with E-state index in [9.17, 15) is 0 Å². The normalized spacial score (nSPS) is 34.7. The summed E-state index contributed by atoms with van der Waals surface area (Å²) in [5.74, 6) is 2.76. The highest BCUT2D eigenvalue weighted by Gasteiger charge is 2.20. The SMILES string of the molecule is CC1CCCC(NCCC(C)C2CCCNC2)CC1. The van der Waals surface area contributed by atoms with Gasteiger partial charge in [0.05, 0.1) is 0 Å². The molecule has 1 saturated carbocycles. The van der Waals surface area contributed by atoms with Gasteiger partial charge in [0.2, 0.25) is 0 Å². The van der Waals surface area contributed by atoms with E-state index in [2.05, 4.69) is 24.5 Å². The summed E-state index contributed by atoms with van der Waals surface area (Å²) < 4.78 is 0. The van der Waals surface area contributed by atoms with Crippen LogP contribution in [-0.2, 0) is 0 Å². The van der Waals surface area contributed by atoms with Crippen LogP contribution in [0.15, 0.2) is 0 Å². The molecule has 2 fully saturated rings. The van der Waals surface area contributed by atoms with Gasteiger partial charge in [0.15, 0.2) is 0 Å². The minimum Gasteiger partial charge on any atom is -0.316 e. The van der Waals surface area contributed by atoms with Gasteiger partial charge >= 0.3 is 0 Å². The van der Waals surface area contributed by atoms with Crippen molar-refractivity contribution in [2.45, 2.75) is 71.3 Å². The number of rotatable bonds is 5. The molecule has 2 nitrogen and oxygen atoms in total. The molecule has 112 valence electrons. The van der Waals surface area contributed by atoms with Gasteiger partial charge in [-0.1, -0.05) is 26.7 Å². The van der Waals surface area contributed by atoms with Crippen LogP contribution in [0.3, 0.4) is 0 Å². The lowest BCUT2D eigenvalue weighted by Gasteiger charge is -2.29. The molecule has 4 unspecified atom stereocenters. The first kappa shape index (κ1) is 15.3. The van der Waals surface area contributed by atoms with E-state index in [4.69, 9.17) is 0 Å². The maximum atomic E-state index is 3.83. The molecule has 0 aromatic carbocycles. The lowest BCUT2D eigenvalue weighted by atomic mass is 9.85. The Morgan fingerprint density at radius 1 is 1.11 bits per heavy atom. The summed E-state index contributed by atoms with van der Waals surface area (Å²) in [6.07, 6.45) is 11.3. The Labute approximate surface area is 120 Å². The van der Waals surface area contributed by atoms with Crippen molar-refractivity contribution in [2.75, 3.05) is 19.6 Å². The largest absolute Gasteiger partial charge is 0.316 e. The lowest BCUT2D eigenvalue weighted by molar-refractivity contribution is 0.262. The van der Waals surface area contributed by atoms with Crippen LogP contribution in [0.1, 0.15) is 65.2 Å². The fourth-order valence-corrected chi connectivity index (χ4v) is 3.81. The van der Waals surface area contributed by atoms with Gasteiger partial charge in [-0.3, -0.25) is 0 Å². The van der Waals surface area contributed by atoms with Crippen molar-refractivity contribution in [1.82, 2.24) is 10.6 Å². The van der Waals surface area contributed by atoms with Crippen LogP contribution >= 0.6 is 0 Å². The van der Waals surface area contributed by atoms with E-state index in [-0.39, 0.29) is 0 Å². The lowest BCUT2D eigenvalue weighted by Crippen LogP contribution is -2.35. The molecule has 2 aliphatic rings. The zero-order valence-electron chi connectivity index (χ0n) is 13.1. The summed E-state index contributed by atoms with van der Waals surface area (Å²) in [6, 6.07) is 0.807. The molecule has 1 aliphatic heterocycles. The van der Waals surface area contributed by atoms with E-state index < -0.39 is 0 Å². The summed E-state index contributed by atoms with van der Waals surface area (Å²) in [5, 5.41) is 7.38. The molecule has 0 aromatic rings. The Morgan fingerprint density at radius 2 is 2.00 bits per heavy atom. The molecule has 0 amide bonds. The minimum atomic E-state index is 0.807. The third kappa shape index (κ3) is 5.43. The Kier molecular flexibility index (Phi) is 6.66. The number of nitrogens with one attached hydrogen (secondary N) is 2. The van der Waals surface area contributed by atoms with Gasteiger partial charge in [-0.05, 0) is 75.9 Å². The van der Waals surface area contributed by atoms with E-state index in [0.717, 1.165) is 23.8 Å². The third-order valence-corrected chi connectivity index (χ3v) is 5.43. The zero-order chi connectivity index (χ0) is 13.5. The average molecular weight is 266 g/mol. The van der Waals surface area contributed by atoms with E-state index in [1.165, 1.54) is 71.0 Å². The second-order valence-electron chi connectivity index (χ2n) is 7.14. The van der Waals surface area contributed by atoms with Crippen LogP contribution in [0.2, 0.25) is 0 Å². The predicted octanol–water partition coefficient (Wildman–Crippen LogP) is 3.57. The molecule has 1 aliphatic carbocycles. The van der Waals surface area contributed by atoms with Crippen LogP contribution in [0.5, 0.6) is 0 Å². The summed E-state index contributed by atoms with van der Waals surface area (Å²) in [4.78, 5) is 0. The molecule has 2 rings (SSSR count). The van der Waals surface area contributed by atoms with Crippen LogP contribution in [0, 0.1) is 17.8 Å². The first-order chi connectivity index (χ1) is 9.25. The van der Waals surface area contributed by atoms with Gasteiger partial charge in [0.25, 0.3) is 0 Å². The number of piperidine rings is 1. The summed E-state index contributed by atoms with van der Waals surface area (Å²) in [6.45, 7) is 8.59. The van der Waals surface area contributed by atoms with Crippen molar-refractivity contribution >= 4 is 0 Å². The van der Waals surface area contributed by atoms with Gasteiger partial charge in [-0.15, -0.1) is 0 Å². The molecular weight excluding hydrogens is 232 g/mol. The van der Waals surface area contributed by atoms with Gasteiger partial charge in [-0.25, -0.2) is 0 Å². The van der Waals surface area contributed by atoms with Crippen LogP contribution in [0.4, 0.5) is 0 Å². The van der Waals surface area contributed by atoms with Crippen molar-refractivity contribution in [2.24, 2.45) is 17.8 Å². The smallest absolute Gasteiger partial charge is 0.00671 e. The molecule has 0 aromatic heterocycles. The van der Waals surface area contributed by atoms with Gasteiger partial charge < -0.3 is 10.6 Å². The molecule has 19 heavy (non-hydrogen) atoms. The van der Waals surface area contributed by atoms with E-state index in [1.807, 2.05) is 0 Å². The maximum absolute atomic E-state index is 3.83. The monoisotopic (exact) mass is 266 g/mol. The van der Waals surface area contributed by atoms with Crippen molar-refractivity contribution in [3.63, 3.8) is 0 Å². The Balaban J connectivity index is 1.59. The van der Waals surface area contributed by atoms with Gasteiger partial charge in [0, 0.05) is 6.04 Å². The molecule has 2 N–H and O–H groups in total. The highest BCUT2D eigenvalue weighted by atomic mass is 14.9. The number of hydrogen-bond acceptors (Lipinski definition) is 2. The summed E-state index contributed by atoms with van der Waals surface area (Å²) in [5.41, 5.74) is 0. The topological polar surface area (TPSA) is 24.1 Å². The number of hydrogen-bond donors (Lipinski definition) is 2. The Morgan fingerprint density at radius 3 is 2.79 bits per heavy atom. The zero-order valence-corrected chi connectivity index (χ0v) is 13.1. The van der Waals surface area contributed by atoms with Crippen LogP contribution < -0.4 is 10.6 Å². The molecule has 0 radical (unpaired) electrons. The molecular formula is C17H34N2.